The maximum absolute atomic E-state index is 12.0. The first-order valence-corrected chi connectivity index (χ1v) is 8.18. The molecule has 1 aromatic carbocycles. The molecule has 1 fully saturated rings. The molecule has 6 nitrogen and oxygen atoms in total. The van der Waals surface area contributed by atoms with Crippen LogP contribution in [0.5, 0.6) is 11.5 Å². The monoisotopic (exact) mass is 320 g/mol. The minimum atomic E-state index is -0.113. The third kappa shape index (κ3) is 3.59. The number of rotatable bonds is 6. The molecular weight excluding hydrogens is 296 g/mol. The molecule has 3 rings (SSSR count). The molecule has 2 aliphatic heterocycles. The Morgan fingerprint density at radius 3 is 2.78 bits per heavy atom. The van der Waals surface area contributed by atoms with Crippen LogP contribution in [0.2, 0.25) is 0 Å². The van der Waals surface area contributed by atoms with E-state index in [-0.39, 0.29) is 18.1 Å². The second-order valence-electron chi connectivity index (χ2n) is 6.13. The highest BCUT2D eigenvalue weighted by Crippen LogP contribution is 2.40. The van der Waals surface area contributed by atoms with Crippen molar-refractivity contribution in [1.82, 2.24) is 5.32 Å². The van der Waals surface area contributed by atoms with Crippen molar-refractivity contribution in [3.8, 4) is 11.5 Å². The van der Waals surface area contributed by atoms with Gasteiger partial charge < -0.3 is 25.3 Å². The van der Waals surface area contributed by atoms with Crippen LogP contribution in [-0.4, -0.2) is 39.0 Å². The smallest absolute Gasteiger partial charge is 0.231 e. The second kappa shape index (κ2) is 7.19. The van der Waals surface area contributed by atoms with Crippen molar-refractivity contribution in [3.05, 3.63) is 23.8 Å². The summed E-state index contributed by atoms with van der Waals surface area (Å²) < 4.78 is 16.4. The topological polar surface area (TPSA) is 82.8 Å². The van der Waals surface area contributed by atoms with Crippen LogP contribution in [0.4, 0.5) is 0 Å². The second-order valence-corrected chi connectivity index (χ2v) is 6.13. The lowest BCUT2D eigenvalue weighted by Gasteiger charge is -2.38. The number of carbonyl (C=O) groups excluding carboxylic acids is 1. The third-order valence-electron chi connectivity index (χ3n) is 4.67. The van der Waals surface area contributed by atoms with Crippen molar-refractivity contribution in [1.29, 1.82) is 0 Å². The fourth-order valence-electron chi connectivity index (χ4n) is 3.17. The van der Waals surface area contributed by atoms with Gasteiger partial charge in [-0.05, 0) is 43.5 Å². The summed E-state index contributed by atoms with van der Waals surface area (Å²) in [5.74, 6) is 1.62. The molecule has 0 saturated carbocycles. The highest BCUT2D eigenvalue weighted by Gasteiger charge is 2.36. The molecule has 2 aliphatic rings. The molecule has 0 aliphatic carbocycles. The fourth-order valence-corrected chi connectivity index (χ4v) is 3.17. The van der Waals surface area contributed by atoms with Crippen LogP contribution in [0.1, 0.15) is 31.2 Å². The maximum atomic E-state index is 12.0. The Morgan fingerprint density at radius 1 is 1.22 bits per heavy atom. The van der Waals surface area contributed by atoms with Crippen molar-refractivity contribution < 1.29 is 19.0 Å². The molecule has 3 N–H and O–H groups in total. The van der Waals surface area contributed by atoms with Crippen molar-refractivity contribution in [3.63, 3.8) is 0 Å². The number of ether oxygens (including phenoxy) is 3. The van der Waals surface area contributed by atoms with Crippen molar-refractivity contribution in [2.75, 3.05) is 33.1 Å². The van der Waals surface area contributed by atoms with Gasteiger partial charge in [0.25, 0.3) is 0 Å². The van der Waals surface area contributed by atoms with Crippen LogP contribution >= 0.6 is 0 Å². The summed E-state index contributed by atoms with van der Waals surface area (Å²) in [6.45, 7) is 2.82. The van der Waals surface area contributed by atoms with Gasteiger partial charge in [-0.3, -0.25) is 4.79 Å². The molecule has 0 aromatic heterocycles. The minimum Gasteiger partial charge on any atom is -0.454 e. The first-order chi connectivity index (χ1) is 11.2. The average molecular weight is 320 g/mol. The van der Waals surface area contributed by atoms with Gasteiger partial charge >= 0.3 is 0 Å². The van der Waals surface area contributed by atoms with Crippen molar-refractivity contribution in [2.45, 2.75) is 31.1 Å². The molecule has 1 saturated heterocycles. The predicted octanol–water partition coefficient (Wildman–Crippen LogP) is 1.32. The molecule has 0 atom stereocenters. The van der Waals surface area contributed by atoms with E-state index >= 15 is 0 Å². The van der Waals surface area contributed by atoms with E-state index in [9.17, 15) is 4.79 Å². The number of nitrogens with two attached hydrogens (primary N) is 1. The lowest BCUT2D eigenvalue weighted by Crippen LogP contribution is -2.44. The van der Waals surface area contributed by atoms with Crippen LogP contribution in [-0.2, 0) is 14.9 Å². The summed E-state index contributed by atoms with van der Waals surface area (Å²) >= 11 is 0. The first-order valence-electron chi connectivity index (χ1n) is 8.18. The van der Waals surface area contributed by atoms with E-state index < -0.39 is 0 Å². The number of hydrogen-bond donors (Lipinski definition) is 2. The van der Waals surface area contributed by atoms with Crippen molar-refractivity contribution in [2.24, 2.45) is 5.73 Å². The summed E-state index contributed by atoms with van der Waals surface area (Å²) in [6.07, 6.45) is 2.95. The van der Waals surface area contributed by atoms with E-state index in [4.69, 9.17) is 19.9 Å². The van der Waals surface area contributed by atoms with E-state index in [0.717, 1.165) is 24.3 Å². The number of fused-ring (bicyclic) bond motifs is 1. The summed E-state index contributed by atoms with van der Waals surface area (Å²) in [6, 6.07) is 6.07. The van der Waals surface area contributed by atoms with Crippen LogP contribution in [0.15, 0.2) is 18.2 Å². The molecule has 0 radical (unpaired) electrons. The largest absolute Gasteiger partial charge is 0.454 e. The van der Waals surface area contributed by atoms with Gasteiger partial charge in [-0.2, -0.15) is 0 Å². The van der Waals surface area contributed by atoms with Crippen LogP contribution in [0.3, 0.4) is 0 Å². The molecule has 0 unspecified atom stereocenters. The summed E-state index contributed by atoms with van der Waals surface area (Å²) in [5.41, 5.74) is 6.52. The zero-order valence-corrected chi connectivity index (χ0v) is 13.3. The lowest BCUT2D eigenvalue weighted by molar-refractivity contribution is -0.121. The molecule has 2 heterocycles. The molecule has 1 amide bonds. The van der Waals surface area contributed by atoms with E-state index in [1.165, 1.54) is 5.56 Å². The summed E-state index contributed by atoms with van der Waals surface area (Å²) in [4.78, 5) is 12.0. The quantitative estimate of drug-likeness (QED) is 0.826. The van der Waals surface area contributed by atoms with Gasteiger partial charge in [-0.15, -0.1) is 0 Å². The zero-order chi connectivity index (χ0) is 16.1. The number of amides is 1. The summed E-state index contributed by atoms with van der Waals surface area (Å²) in [7, 11) is 0. The van der Waals surface area contributed by atoms with Crippen LogP contribution in [0, 0.1) is 0 Å². The Kier molecular flexibility index (Phi) is 5.03. The summed E-state index contributed by atoms with van der Waals surface area (Å²) in [5, 5.41) is 3.07. The maximum Gasteiger partial charge on any atom is 0.231 e. The molecule has 0 bridgehead atoms. The number of hydrogen-bond acceptors (Lipinski definition) is 5. The molecule has 23 heavy (non-hydrogen) atoms. The van der Waals surface area contributed by atoms with Gasteiger partial charge in [-0.25, -0.2) is 0 Å². The number of carbonyl (C=O) groups is 1. The molecule has 126 valence electrons. The first kappa shape index (κ1) is 16.1. The highest BCUT2D eigenvalue weighted by molar-refractivity contribution is 5.76. The zero-order valence-electron chi connectivity index (χ0n) is 13.3. The van der Waals surface area contributed by atoms with Crippen LogP contribution in [0.25, 0.3) is 0 Å². The standard InChI is InChI=1S/C17H24N2O4/c18-7-1-2-16(20)19-11-17(5-8-21-9-6-17)13-3-4-14-15(10-13)23-12-22-14/h3-4,10H,1-2,5-9,11-12,18H2,(H,19,20). The lowest BCUT2D eigenvalue weighted by atomic mass is 9.74. The average Bonchev–Trinajstić information content (AvgIpc) is 3.06. The molecular formula is C17H24N2O4. The van der Waals surface area contributed by atoms with Gasteiger partial charge in [0, 0.05) is 31.6 Å². The van der Waals surface area contributed by atoms with Gasteiger partial charge in [-0.1, -0.05) is 6.07 Å². The minimum absolute atomic E-state index is 0.0575. The molecule has 1 aromatic rings. The van der Waals surface area contributed by atoms with E-state index in [1.807, 2.05) is 12.1 Å². The number of nitrogens with one attached hydrogen (secondary N) is 1. The predicted molar refractivity (Wildman–Crippen MR) is 85.6 cm³/mol. The van der Waals surface area contributed by atoms with Crippen molar-refractivity contribution >= 4 is 5.91 Å². The number of benzene rings is 1. The Hall–Kier alpha value is -1.79. The third-order valence-corrected chi connectivity index (χ3v) is 4.67. The molecule has 6 heteroatoms. The van der Waals surface area contributed by atoms with E-state index in [0.29, 0.717) is 39.1 Å². The Balaban J connectivity index is 1.75. The van der Waals surface area contributed by atoms with Crippen LogP contribution < -0.4 is 20.5 Å². The Morgan fingerprint density at radius 2 is 2.00 bits per heavy atom. The Bertz CT molecular complexity index is 556. The van der Waals surface area contributed by atoms with Gasteiger partial charge in [0.05, 0.1) is 0 Å². The molecule has 0 spiro atoms. The fraction of sp³-hybridized carbons (Fsp3) is 0.588. The Labute approximate surface area is 136 Å². The SMILES string of the molecule is NCCCC(=O)NCC1(c2ccc3c(c2)OCO3)CCOCC1. The van der Waals surface area contributed by atoms with E-state index in [1.54, 1.807) is 0 Å². The highest BCUT2D eigenvalue weighted by atomic mass is 16.7. The van der Waals surface area contributed by atoms with Gasteiger partial charge in [0.2, 0.25) is 12.7 Å². The normalized spacial score (nSPS) is 18.7. The van der Waals surface area contributed by atoms with Gasteiger partial charge in [0.1, 0.15) is 0 Å². The van der Waals surface area contributed by atoms with Gasteiger partial charge in [0.15, 0.2) is 11.5 Å². The van der Waals surface area contributed by atoms with E-state index in [2.05, 4.69) is 11.4 Å².